The molecule has 0 bridgehead atoms. The molecule has 0 radical (unpaired) electrons. The van der Waals surface area contributed by atoms with Crippen molar-refractivity contribution in [1.29, 1.82) is 0 Å². The Morgan fingerprint density at radius 3 is 2.85 bits per heavy atom. The van der Waals surface area contributed by atoms with Gasteiger partial charge < -0.3 is 15.9 Å². The first-order chi connectivity index (χ1) is 12.6. The number of anilines is 1. The van der Waals surface area contributed by atoms with Crippen molar-refractivity contribution in [3.8, 4) is 17.1 Å². The summed E-state index contributed by atoms with van der Waals surface area (Å²) in [5, 5.41) is 11.5. The number of aromatic nitrogens is 3. The van der Waals surface area contributed by atoms with Gasteiger partial charge in [0.25, 0.3) is 0 Å². The zero-order valence-corrected chi connectivity index (χ0v) is 16.3. The van der Waals surface area contributed by atoms with Crippen molar-refractivity contribution < 1.29 is 9.53 Å². The Balaban J connectivity index is 1.67. The van der Waals surface area contributed by atoms with Gasteiger partial charge >= 0.3 is 0 Å². The number of amides is 1. The van der Waals surface area contributed by atoms with Crippen LogP contribution in [0, 0.1) is 0 Å². The van der Waals surface area contributed by atoms with Gasteiger partial charge in [-0.25, -0.2) is 4.68 Å². The van der Waals surface area contributed by atoms with Crippen LogP contribution in [0.15, 0.2) is 58.2 Å². The first kappa shape index (κ1) is 18.3. The molecule has 3 aromatic rings. The molecule has 0 saturated carbocycles. The summed E-state index contributed by atoms with van der Waals surface area (Å²) in [6.07, 6.45) is 0. The average molecular weight is 434 g/mol. The van der Waals surface area contributed by atoms with E-state index in [9.17, 15) is 4.79 Å². The highest BCUT2D eigenvalue weighted by Gasteiger charge is 2.14. The lowest BCUT2D eigenvalue weighted by Gasteiger charge is -2.07. The van der Waals surface area contributed by atoms with E-state index in [-0.39, 0.29) is 11.7 Å². The van der Waals surface area contributed by atoms with Gasteiger partial charge in [0, 0.05) is 10.0 Å². The van der Waals surface area contributed by atoms with Gasteiger partial charge in [-0.05, 0) is 40.2 Å². The third kappa shape index (κ3) is 4.17. The number of thioether (sulfide) groups is 1. The summed E-state index contributed by atoms with van der Waals surface area (Å²) in [5.74, 6) is 7.28. The molecule has 2 aromatic carbocycles. The monoisotopic (exact) mass is 433 g/mol. The van der Waals surface area contributed by atoms with Gasteiger partial charge in [-0.1, -0.05) is 36.0 Å². The number of carbonyl (C=O) groups is 1. The lowest BCUT2D eigenvalue weighted by Crippen LogP contribution is -2.16. The fourth-order valence-corrected chi connectivity index (χ4v) is 3.25. The zero-order chi connectivity index (χ0) is 18.5. The first-order valence-electron chi connectivity index (χ1n) is 7.60. The molecular formula is C17H16BrN5O2S. The highest BCUT2D eigenvalue weighted by atomic mass is 79.9. The summed E-state index contributed by atoms with van der Waals surface area (Å²) in [6, 6.07) is 14.8. The highest BCUT2D eigenvalue weighted by Crippen LogP contribution is 2.25. The van der Waals surface area contributed by atoms with Crippen LogP contribution in [0.2, 0.25) is 0 Å². The van der Waals surface area contributed by atoms with Gasteiger partial charge in [0.15, 0.2) is 5.82 Å². The normalized spacial score (nSPS) is 10.5. The molecule has 1 heterocycles. The molecule has 0 aliphatic rings. The Bertz CT molecular complexity index is 931. The second-order valence-corrected chi connectivity index (χ2v) is 7.02. The molecule has 7 nitrogen and oxygen atoms in total. The minimum absolute atomic E-state index is 0.159. The summed E-state index contributed by atoms with van der Waals surface area (Å²) in [4.78, 5) is 12.1. The third-order valence-corrected chi connectivity index (χ3v) is 5.11. The zero-order valence-electron chi connectivity index (χ0n) is 13.8. The molecule has 26 heavy (non-hydrogen) atoms. The van der Waals surface area contributed by atoms with Crippen LogP contribution in [-0.4, -0.2) is 33.6 Å². The van der Waals surface area contributed by atoms with Crippen LogP contribution in [-0.2, 0) is 4.79 Å². The second kappa shape index (κ2) is 8.24. The van der Waals surface area contributed by atoms with Crippen LogP contribution in [0.3, 0.4) is 0 Å². The van der Waals surface area contributed by atoms with Crippen LogP contribution in [0.1, 0.15) is 0 Å². The van der Waals surface area contributed by atoms with E-state index in [4.69, 9.17) is 10.6 Å². The smallest absolute Gasteiger partial charge is 0.234 e. The molecule has 1 amide bonds. The molecule has 0 unspecified atom stereocenters. The van der Waals surface area contributed by atoms with Gasteiger partial charge in [-0.3, -0.25) is 4.79 Å². The van der Waals surface area contributed by atoms with E-state index in [1.54, 1.807) is 7.11 Å². The van der Waals surface area contributed by atoms with Crippen molar-refractivity contribution in [2.75, 3.05) is 24.0 Å². The van der Waals surface area contributed by atoms with Gasteiger partial charge in [-0.2, -0.15) is 0 Å². The number of nitrogens with one attached hydrogen (secondary N) is 1. The van der Waals surface area contributed by atoms with E-state index in [2.05, 4.69) is 31.4 Å². The van der Waals surface area contributed by atoms with Crippen molar-refractivity contribution in [3.63, 3.8) is 0 Å². The lowest BCUT2D eigenvalue weighted by molar-refractivity contribution is -0.113. The van der Waals surface area contributed by atoms with Crippen LogP contribution < -0.4 is 15.9 Å². The van der Waals surface area contributed by atoms with E-state index in [1.165, 1.54) is 16.4 Å². The number of methoxy groups -OCH3 is 1. The fourth-order valence-electron chi connectivity index (χ4n) is 2.21. The number of rotatable bonds is 6. The Kier molecular flexibility index (Phi) is 5.79. The molecular weight excluding hydrogens is 418 g/mol. The molecule has 3 rings (SSSR count). The van der Waals surface area contributed by atoms with Gasteiger partial charge in [0.1, 0.15) is 5.75 Å². The summed E-state index contributed by atoms with van der Waals surface area (Å²) in [5.41, 5.74) is 1.49. The Morgan fingerprint density at radius 2 is 2.08 bits per heavy atom. The molecule has 0 spiro atoms. The second-order valence-electron chi connectivity index (χ2n) is 5.22. The summed E-state index contributed by atoms with van der Waals surface area (Å²) >= 11 is 4.61. The number of nitrogens with zero attached hydrogens (tertiary/aromatic N) is 3. The van der Waals surface area contributed by atoms with Crippen molar-refractivity contribution in [2.24, 2.45) is 0 Å². The highest BCUT2D eigenvalue weighted by molar-refractivity contribution is 9.10. The number of nitrogens with two attached hydrogens (primary N) is 1. The number of halogens is 1. The van der Waals surface area contributed by atoms with E-state index < -0.39 is 0 Å². The minimum Gasteiger partial charge on any atom is -0.497 e. The maximum absolute atomic E-state index is 12.1. The Labute approximate surface area is 163 Å². The maximum atomic E-state index is 12.1. The van der Waals surface area contributed by atoms with Crippen molar-refractivity contribution in [2.45, 2.75) is 5.16 Å². The maximum Gasteiger partial charge on any atom is 0.234 e. The predicted octanol–water partition coefficient (Wildman–Crippen LogP) is 3.16. The van der Waals surface area contributed by atoms with Gasteiger partial charge in [0.2, 0.25) is 11.1 Å². The van der Waals surface area contributed by atoms with Crippen molar-refractivity contribution in [1.82, 2.24) is 14.9 Å². The third-order valence-electron chi connectivity index (χ3n) is 3.47. The van der Waals surface area contributed by atoms with Crippen molar-refractivity contribution >= 4 is 39.3 Å². The Hall–Kier alpha value is -2.52. The molecule has 9 heteroatoms. The number of hydrogen-bond donors (Lipinski definition) is 2. The standard InChI is InChI=1S/C17H16BrN5O2S/c1-25-12-6-4-5-11(9-12)16-21-22-17(23(16)19)26-10-15(24)20-14-8-3-2-7-13(14)18/h2-9H,10,19H2,1H3,(H,20,24). The number of nitrogen functional groups attached to an aromatic ring is 1. The fraction of sp³-hybridized carbons (Fsp3) is 0.118. The molecule has 0 fully saturated rings. The van der Waals surface area contributed by atoms with E-state index in [1.807, 2.05) is 48.5 Å². The molecule has 0 aliphatic heterocycles. The predicted molar refractivity (Wildman–Crippen MR) is 106 cm³/mol. The molecule has 3 N–H and O–H groups in total. The first-order valence-corrected chi connectivity index (χ1v) is 9.38. The van der Waals surface area contributed by atoms with Crippen LogP contribution >= 0.6 is 27.7 Å². The van der Waals surface area contributed by atoms with E-state index in [0.717, 1.165) is 10.0 Å². The number of ether oxygens (including phenoxy) is 1. The number of benzene rings is 2. The van der Waals surface area contributed by atoms with Gasteiger partial charge in [0.05, 0.1) is 18.6 Å². The number of hydrogen-bond acceptors (Lipinski definition) is 6. The topological polar surface area (TPSA) is 95.1 Å². The summed E-state index contributed by atoms with van der Waals surface area (Å²) in [7, 11) is 1.59. The molecule has 134 valence electrons. The molecule has 0 aliphatic carbocycles. The quantitative estimate of drug-likeness (QED) is 0.457. The number of para-hydroxylation sites is 1. The molecule has 1 aromatic heterocycles. The SMILES string of the molecule is COc1cccc(-c2nnc(SCC(=O)Nc3ccccc3Br)n2N)c1. The van der Waals surface area contributed by atoms with Crippen LogP contribution in [0.25, 0.3) is 11.4 Å². The lowest BCUT2D eigenvalue weighted by atomic mass is 10.2. The minimum atomic E-state index is -0.159. The van der Waals surface area contributed by atoms with Crippen LogP contribution in [0.4, 0.5) is 5.69 Å². The largest absolute Gasteiger partial charge is 0.497 e. The van der Waals surface area contributed by atoms with Crippen molar-refractivity contribution in [3.05, 3.63) is 53.0 Å². The van der Waals surface area contributed by atoms with Crippen LogP contribution in [0.5, 0.6) is 5.75 Å². The summed E-state index contributed by atoms with van der Waals surface area (Å²) in [6.45, 7) is 0. The van der Waals surface area contributed by atoms with E-state index >= 15 is 0 Å². The van der Waals surface area contributed by atoms with E-state index in [0.29, 0.717) is 22.4 Å². The average Bonchev–Trinajstić information content (AvgIpc) is 3.02. The molecule has 0 atom stereocenters. The Morgan fingerprint density at radius 1 is 1.27 bits per heavy atom. The molecule has 0 saturated heterocycles. The number of carbonyl (C=O) groups excluding carboxylic acids is 1. The van der Waals surface area contributed by atoms with Gasteiger partial charge in [-0.15, -0.1) is 10.2 Å². The summed E-state index contributed by atoms with van der Waals surface area (Å²) < 4.78 is 7.39.